The number of hydrogen-bond donors (Lipinski definition) is 1. The minimum absolute atomic E-state index is 0.0187. The second-order valence-electron chi connectivity index (χ2n) is 7.09. The molecule has 0 aliphatic heterocycles. The highest BCUT2D eigenvalue weighted by molar-refractivity contribution is 6.36. The average Bonchev–Trinajstić information content (AvgIpc) is 2.72. The summed E-state index contributed by atoms with van der Waals surface area (Å²) in [6, 6.07) is 11.8. The van der Waals surface area contributed by atoms with Crippen molar-refractivity contribution in [2.45, 2.75) is 52.1 Å². The van der Waals surface area contributed by atoms with Crippen LogP contribution >= 0.6 is 34.8 Å². The molecule has 30 heavy (non-hydrogen) atoms. The summed E-state index contributed by atoms with van der Waals surface area (Å²) in [5, 5.41) is 4.43. The Morgan fingerprint density at radius 3 is 2.20 bits per heavy atom. The Hall–Kier alpha value is -1.75. The van der Waals surface area contributed by atoms with Gasteiger partial charge in [0.15, 0.2) is 0 Å². The topological polar surface area (TPSA) is 49.4 Å². The van der Waals surface area contributed by atoms with Crippen LogP contribution in [-0.2, 0) is 22.6 Å². The second kappa shape index (κ2) is 12.2. The molecule has 0 fully saturated rings. The first-order chi connectivity index (χ1) is 14.4. The van der Waals surface area contributed by atoms with Crippen molar-refractivity contribution in [3.63, 3.8) is 0 Å². The molecule has 0 saturated carbocycles. The Balaban J connectivity index is 2.29. The quantitative estimate of drug-likeness (QED) is 0.440. The van der Waals surface area contributed by atoms with E-state index in [1.165, 1.54) is 0 Å². The van der Waals surface area contributed by atoms with Crippen LogP contribution in [0.25, 0.3) is 0 Å². The maximum atomic E-state index is 13.3. The number of carbonyl (C=O) groups is 2. The summed E-state index contributed by atoms with van der Waals surface area (Å²) < 4.78 is 0. The van der Waals surface area contributed by atoms with Crippen molar-refractivity contribution in [3.05, 3.63) is 68.7 Å². The molecule has 0 spiro atoms. The zero-order valence-electron chi connectivity index (χ0n) is 17.3. The van der Waals surface area contributed by atoms with E-state index in [9.17, 15) is 9.59 Å². The van der Waals surface area contributed by atoms with Crippen molar-refractivity contribution in [1.29, 1.82) is 0 Å². The Morgan fingerprint density at radius 1 is 1.00 bits per heavy atom. The molecule has 0 aliphatic rings. The fourth-order valence-electron chi connectivity index (χ4n) is 3.17. The third-order valence-corrected chi connectivity index (χ3v) is 5.83. The van der Waals surface area contributed by atoms with E-state index in [2.05, 4.69) is 12.2 Å². The van der Waals surface area contributed by atoms with Gasteiger partial charge >= 0.3 is 0 Å². The van der Waals surface area contributed by atoms with E-state index in [1.54, 1.807) is 35.2 Å². The largest absolute Gasteiger partial charge is 0.354 e. The number of amides is 2. The molecule has 1 N–H and O–H groups in total. The standard InChI is InChI=1S/C23H27Cl3N2O2/c1-3-5-13-27-23(30)21(4-2)28(15-16-9-11-17(24)12-10-16)22(29)14-18-19(25)7-6-8-20(18)26/h6-12,21H,3-5,13-15H2,1-2H3,(H,27,30)/t21-/m0/s1. The Morgan fingerprint density at radius 2 is 1.63 bits per heavy atom. The van der Waals surface area contributed by atoms with E-state index in [0.29, 0.717) is 33.6 Å². The van der Waals surface area contributed by atoms with Gasteiger partial charge in [-0.15, -0.1) is 0 Å². The predicted molar refractivity (Wildman–Crippen MR) is 124 cm³/mol. The van der Waals surface area contributed by atoms with Crippen LogP contribution in [0.1, 0.15) is 44.2 Å². The first-order valence-electron chi connectivity index (χ1n) is 10.1. The summed E-state index contributed by atoms with van der Waals surface area (Å²) in [6.07, 6.45) is 2.39. The normalized spacial score (nSPS) is 11.8. The van der Waals surface area contributed by atoms with Crippen molar-refractivity contribution in [1.82, 2.24) is 10.2 Å². The van der Waals surface area contributed by atoms with Gasteiger partial charge in [-0.1, -0.05) is 73.3 Å². The highest BCUT2D eigenvalue weighted by Gasteiger charge is 2.29. The van der Waals surface area contributed by atoms with Crippen molar-refractivity contribution in [2.24, 2.45) is 0 Å². The van der Waals surface area contributed by atoms with Gasteiger partial charge in [0, 0.05) is 28.2 Å². The zero-order valence-corrected chi connectivity index (χ0v) is 19.5. The van der Waals surface area contributed by atoms with Gasteiger partial charge in [-0.25, -0.2) is 0 Å². The number of unbranched alkanes of at least 4 members (excludes halogenated alkanes) is 1. The lowest BCUT2D eigenvalue weighted by Gasteiger charge is -2.31. The van der Waals surface area contributed by atoms with Crippen LogP contribution in [0.4, 0.5) is 0 Å². The summed E-state index contributed by atoms with van der Waals surface area (Å²) in [5.41, 5.74) is 1.45. The summed E-state index contributed by atoms with van der Waals surface area (Å²) in [4.78, 5) is 27.8. The van der Waals surface area contributed by atoms with Crippen LogP contribution < -0.4 is 5.32 Å². The van der Waals surface area contributed by atoms with Gasteiger partial charge in [-0.2, -0.15) is 0 Å². The molecule has 0 aromatic heterocycles. The van der Waals surface area contributed by atoms with Crippen LogP contribution in [0.2, 0.25) is 15.1 Å². The van der Waals surface area contributed by atoms with Gasteiger partial charge in [0.05, 0.1) is 6.42 Å². The van der Waals surface area contributed by atoms with Crippen LogP contribution in [0, 0.1) is 0 Å². The summed E-state index contributed by atoms with van der Waals surface area (Å²) in [5.74, 6) is -0.365. The molecule has 0 heterocycles. The van der Waals surface area contributed by atoms with Crippen molar-refractivity contribution >= 4 is 46.6 Å². The molecule has 2 rings (SSSR count). The smallest absolute Gasteiger partial charge is 0.242 e. The van der Waals surface area contributed by atoms with Crippen LogP contribution in [0.3, 0.4) is 0 Å². The number of nitrogens with one attached hydrogen (secondary N) is 1. The number of carbonyl (C=O) groups excluding carboxylic acids is 2. The molecular formula is C23H27Cl3N2O2. The Labute approximate surface area is 193 Å². The van der Waals surface area contributed by atoms with Crippen LogP contribution in [0.15, 0.2) is 42.5 Å². The highest BCUT2D eigenvalue weighted by atomic mass is 35.5. The van der Waals surface area contributed by atoms with E-state index in [0.717, 1.165) is 18.4 Å². The molecule has 1 atom stereocenters. The van der Waals surface area contributed by atoms with E-state index in [1.807, 2.05) is 19.1 Å². The van der Waals surface area contributed by atoms with Gasteiger partial charge in [0.25, 0.3) is 0 Å². The molecule has 0 unspecified atom stereocenters. The third kappa shape index (κ3) is 6.90. The fraction of sp³-hybridized carbons (Fsp3) is 0.391. The molecular weight excluding hydrogens is 443 g/mol. The molecule has 0 bridgehead atoms. The minimum atomic E-state index is -0.591. The van der Waals surface area contributed by atoms with Gasteiger partial charge in [-0.3, -0.25) is 9.59 Å². The lowest BCUT2D eigenvalue weighted by atomic mass is 10.1. The SMILES string of the molecule is CCCCNC(=O)[C@H](CC)N(Cc1ccc(Cl)cc1)C(=O)Cc1c(Cl)cccc1Cl. The molecule has 2 amide bonds. The fourth-order valence-corrected chi connectivity index (χ4v) is 3.82. The molecule has 0 aliphatic carbocycles. The van der Waals surface area contributed by atoms with Crippen molar-refractivity contribution in [3.8, 4) is 0 Å². The average molecular weight is 470 g/mol. The van der Waals surface area contributed by atoms with E-state index < -0.39 is 6.04 Å². The molecule has 7 heteroatoms. The summed E-state index contributed by atoms with van der Waals surface area (Å²) in [7, 11) is 0. The van der Waals surface area contributed by atoms with Crippen LogP contribution in [0.5, 0.6) is 0 Å². The van der Waals surface area contributed by atoms with Gasteiger partial charge in [0.1, 0.15) is 6.04 Å². The van der Waals surface area contributed by atoms with E-state index in [-0.39, 0.29) is 24.8 Å². The maximum Gasteiger partial charge on any atom is 0.242 e. The lowest BCUT2D eigenvalue weighted by molar-refractivity contribution is -0.140. The number of benzene rings is 2. The molecule has 2 aromatic carbocycles. The second-order valence-corrected chi connectivity index (χ2v) is 8.34. The minimum Gasteiger partial charge on any atom is -0.354 e. The summed E-state index contributed by atoms with van der Waals surface area (Å²) >= 11 is 18.5. The number of halogens is 3. The molecule has 162 valence electrons. The first kappa shape index (κ1) is 24.5. The number of nitrogens with zero attached hydrogens (tertiary/aromatic N) is 1. The van der Waals surface area contributed by atoms with Gasteiger partial charge in [0.2, 0.25) is 11.8 Å². The lowest BCUT2D eigenvalue weighted by Crippen LogP contribution is -2.49. The number of hydrogen-bond acceptors (Lipinski definition) is 2. The monoisotopic (exact) mass is 468 g/mol. The van der Waals surface area contributed by atoms with Crippen LogP contribution in [-0.4, -0.2) is 29.3 Å². The molecule has 2 aromatic rings. The maximum absolute atomic E-state index is 13.3. The van der Waals surface area contributed by atoms with Crippen molar-refractivity contribution in [2.75, 3.05) is 6.54 Å². The van der Waals surface area contributed by atoms with E-state index >= 15 is 0 Å². The Bertz CT molecular complexity index is 836. The number of rotatable bonds is 10. The van der Waals surface area contributed by atoms with Gasteiger partial charge in [-0.05, 0) is 48.2 Å². The molecule has 0 radical (unpaired) electrons. The van der Waals surface area contributed by atoms with Gasteiger partial charge < -0.3 is 10.2 Å². The third-order valence-electron chi connectivity index (χ3n) is 4.87. The van der Waals surface area contributed by atoms with E-state index in [4.69, 9.17) is 34.8 Å². The van der Waals surface area contributed by atoms with Crippen molar-refractivity contribution < 1.29 is 9.59 Å². The zero-order chi connectivity index (χ0) is 22.1. The first-order valence-corrected chi connectivity index (χ1v) is 11.2. The molecule has 0 saturated heterocycles. The summed E-state index contributed by atoms with van der Waals surface area (Å²) in [6.45, 7) is 4.84. The highest BCUT2D eigenvalue weighted by Crippen LogP contribution is 2.26. The predicted octanol–water partition coefficient (Wildman–Crippen LogP) is 5.91. The molecule has 4 nitrogen and oxygen atoms in total. The Kier molecular flexibility index (Phi) is 9.96.